The number of halogens is 1. The maximum atomic E-state index is 11.8. The van der Waals surface area contributed by atoms with E-state index in [0.29, 0.717) is 0 Å². The first kappa shape index (κ1) is 8.98. The molecule has 1 rings (SSSR count). The second-order valence-electron chi connectivity index (χ2n) is 2.90. The Morgan fingerprint density at radius 1 is 1.25 bits per heavy atom. The molecule has 0 bridgehead atoms. The quantitative estimate of drug-likeness (QED) is 0.629. The van der Waals surface area contributed by atoms with E-state index in [4.69, 9.17) is 0 Å². The minimum Gasteiger partial charge on any atom is -0.247 e. The fourth-order valence-corrected chi connectivity index (χ4v) is 1.05. The van der Waals surface area contributed by atoms with Crippen molar-refractivity contribution in [1.29, 1.82) is 0 Å². The first-order valence-electron chi connectivity index (χ1n) is 4.04. The first-order valence-corrected chi connectivity index (χ1v) is 4.04. The highest BCUT2D eigenvalue weighted by Crippen LogP contribution is 2.10. The molecule has 0 radical (unpaired) electrons. The Morgan fingerprint density at radius 2 is 2.00 bits per heavy atom. The molecule has 0 aromatic heterocycles. The van der Waals surface area contributed by atoms with Crippen LogP contribution in [0, 0.1) is 13.8 Å². The van der Waals surface area contributed by atoms with E-state index in [-0.39, 0.29) is 0 Å². The molecule has 0 aliphatic rings. The van der Waals surface area contributed by atoms with Crippen LogP contribution in [0.25, 0.3) is 6.08 Å². The Labute approximate surface area is 72.7 Å². The predicted molar refractivity (Wildman–Crippen MR) is 50.9 cm³/mol. The van der Waals surface area contributed by atoms with Crippen molar-refractivity contribution in [2.75, 3.05) is 6.67 Å². The molecule has 0 saturated carbocycles. The molecule has 0 aliphatic heterocycles. The van der Waals surface area contributed by atoms with Crippen molar-refractivity contribution in [2.24, 2.45) is 0 Å². The minimum absolute atomic E-state index is 0.396. The van der Waals surface area contributed by atoms with E-state index in [9.17, 15) is 4.39 Å². The van der Waals surface area contributed by atoms with Gasteiger partial charge in [0.15, 0.2) is 0 Å². The topological polar surface area (TPSA) is 0 Å². The molecule has 0 spiro atoms. The number of allylic oxidation sites excluding steroid dienone is 1. The molecule has 0 amide bonds. The zero-order valence-electron chi connectivity index (χ0n) is 7.47. The summed E-state index contributed by atoms with van der Waals surface area (Å²) in [6.45, 7) is 3.73. The Hall–Kier alpha value is -1.11. The van der Waals surface area contributed by atoms with Gasteiger partial charge in [0, 0.05) is 0 Å². The van der Waals surface area contributed by atoms with Crippen LogP contribution in [0.1, 0.15) is 16.7 Å². The lowest BCUT2D eigenvalue weighted by atomic mass is 10.1. The third kappa shape index (κ3) is 2.19. The van der Waals surface area contributed by atoms with Crippen LogP contribution in [0.2, 0.25) is 0 Å². The second-order valence-corrected chi connectivity index (χ2v) is 2.90. The standard InChI is InChI=1S/C11H13F/c1-9-5-6-11(4-3-7-12)8-10(9)2/h3-6,8H,7H2,1-2H3/b4-3+. The van der Waals surface area contributed by atoms with Gasteiger partial charge in [-0.25, -0.2) is 4.39 Å². The van der Waals surface area contributed by atoms with Crippen LogP contribution in [0.5, 0.6) is 0 Å². The maximum Gasteiger partial charge on any atom is 0.108 e. The number of benzene rings is 1. The molecule has 0 saturated heterocycles. The summed E-state index contributed by atoms with van der Waals surface area (Å²) >= 11 is 0. The Bertz CT molecular complexity index is 287. The highest BCUT2D eigenvalue weighted by atomic mass is 19.1. The molecule has 64 valence electrons. The van der Waals surface area contributed by atoms with Crippen molar-refractivity contribution in [3.63, 3.8) is 0 Å². The largest absolute Gasteiger partial charge is 0.247 e. The SMILES string of the molecule is Cc1ccc(/C=C/CF)cc1C. The number of hydrogen-bond acceptors (Lipinski definition) is 0. The van der Waals surface area contributed by atoms with Crippen LogP contribution in [-0.2, 0) is 0 Å². The molecule has 0 heterocycles. The third-order valence-electron chi connectivity index (χ3n) is 1.93. The molecule has 0 N–H and O–H groups in total. The lowest BCUT2D eigenvalue weighted by Gasteiger charge is -1.99. The molecule has 0 aliphatic carbocycles. The van der Waals surface area contributed by atoms with Gasteiger partial charge < -0.3 is 0 Å². The van der Waals surface area contributed by atoms with Gasteiger partial charge in [0.25, 0.3) is 0 Å². The Balaban J connectivity index is 2.89. The second kappa shape index (κ2) is 4.05. The van der Waals surface area contributed by atoms with E-state index in [1.165, 1.54) is 17.2 Å². The first-order chi connectivity index (χ1) is 5.74. The normalized spacial score (nSPS) is 10.9. The van der Waals surface area contributed by atoms with Gasteiger partial charge in [0.2, 0.25) is 0 Å². The average Bonchev–Trinajstić information content (AvgIpc) is 2.07. The van der Waals surface area contributed by atoms with Crippen molar-refractivity contribution in [1.82, 2.24) is 0 Å². The van der Waals surface area contributed by atoms with Gasteiger partial charge in [-0.3, -0.25) is 0 Å². The van der Waals surface area contributed by atoms with Crippen LogP contribution in [0.3, 0.4) is 0 Å². The molecular formula is C11H13F. The highest BCUT2D eigenvalue weighted by molar-refractivity contribution is 5.51. The zero-order valence-corrected chi connectivity index (χ0v) is 7.47. The minimum atomic E-state index is -0.396. The van der Waals surface area contributed by atoms with E-state index in [1.54, 1.807) is 6.08 Å². The van der Waals surface area contributed by atoms with Gasteiger partial charge in [-0.05, 0) is 30.5 Å². The van der Waals surface area contributed by atoms with E-state index in [1.807, 2.05) is 12.1 Å². The molecule has 0 fully saturated rings. The number of rotatable bonds is 2. The smallest absolute Gasteiger partial charge is 0.108 e. The monoisotopic (exact) mass is 164 g/mol. The summed E-state index contributed by atoms with van der Waals surface area (Å²) in [5.74, 6) is 0. The van der Waals surface area contributed by atoms with Crippen molar-refractivity contribution >= 4 is 6.08 Å². The van der Waals surface area contributed by atoms with Gasteiger partial charge in [-0.2, -0.15) is 0 Å². The van der Waals surface area contributed by atoms with Crippen molar-refractivity contribution < 1.29 is 4.39 Å². The van der Waals surface area contributed by atoms with Gasteiger partial charge >= 0.3 is 0 Å². The average molecular weight is 164 g/mol. The highest BCUT2D eigenvalue weighted by Gasteiger charge is 1.91. The fraction of sp³-hybridized carbons (Fsp3) is 0.273. The zero-order chi connectivity index (χ0) is 8.97. The number of alkyl halides is 1. The number of hydrogen-bond donors (Lipinski definition) is 0. The summed E-state index contributed by atoms with van der Waals surface area (Å²) in [5.41, 5.74) is 3.58. The molecule has 1 aromatic rings. The summed E-state index contributed by atoms with van der Waals surface area (Å²) in [6.07, 6.45) is 3.32. The number of aryl methyl sites for hydroxylation is 2. The van der Waals surface area contributed by atoms with Crippen LogP contribution in [-0.4, -0.2) is 6.67 Å². The molecule has 1 heteroatoms. The molecule has 1 aromatic carbocycles. The fourth-order valence-electron chi connectivity index (χ4n) is 1.05. The van der Waals surface area contributed by atoms with Crippen LogP contribution in [0.4, 0.5) is 4.39 Å². The predicted octanol–water partition coefficient (Wildman–Crippen LogP) is 3.29. The van der Waals surface area contributed by atoms with Gasteiger partial charge in [-0.1, -0.05) is 30.4 Å². The molecule has 0 unspecified atom stereocenters. The van der Waals surface area contributed by atoms with Crippen LogP contribution < -0.4 is 0 Å². The molecule has 0 atom stereocenters. The lowest BCUT2D eigenvalue weighted by Crippen LogP contribution is -1.81. The third-order valence-corrected chi connectivity index (χ3v) is 1.93. The van der Waals surface area contributed by atoms with Crippen molar-refractivity contribution in [3.8, 4) is 0 Å². The summed E-state index contributed by atoms with van der Waals surface area (Å²) in [5, 5.41) is 0. The van der Waals surface area contributed by atoms with Gasteiger partial charge in [0.05, 0.1) is 0 Å². The van der Waals surface area contributed by atoms with E-state index < -0.39 is 6.67 Å². The lowest BCUT2D eigenvalue weighted by molar-refractivity contribution is 0.563. The van der Waals surface area contributed by atoms with Crippen molar-refractivity contribution in [3.05, 3.63) is 41.0 Å². The van der Waals surface area contributed by atoms with Gasteiger partial charge in [0.1, 0.15) is 6.67 Å². The molecule has 12 heavy (non-hydrogen) atoms. The van der Waals surface area contributed by atoms with Crippen LogP contribution in [0.15, 0.2) is 24.3 Å². The molecular weight excluding hydrogens is 151 g/mol. The summed E-state index contributed by atoms with van der Waals surface area (Å²) in [6, 6.07) is 6.10. The van der Waals surface area contributed by atoms with Crippen molar-refractivity contribution in [2.45, 2.75) is 13.8 Å². The molecule has 0 nitrogen and oxygen atoms in total. The van der Waals surface area contributed by atoms with E-state index in [0.717, 1.165) is 5.56 Å². The maximum absolute atomic E-state index is 11.8. The van der Waals surface area contributed by atoms with E-state index in [2.05, 4.69) is 19.9 Å². The summed E-state index contributed by atoms with van der Waals surface area (Å²) in [4.78, 5) is 0. The summed E-state index contributed by atoms with van der Waals surface area (Å²) in [7, 11) is 0. The van der Waals surface area contributed by atoms with Crippen LogP contribution >= 0.6 is 0 Å². The van der Waals surface area contributed by atoms with Gasteiger partial charge in [-0.15, -0.1) is 0 Å². The Morgan fingerprint density at radius 3 is 2.58 bits per heavy atom. The summed E-state index contributed by atoms with van der Waals surface area (Å²) < 4.78 is 11.8. The Kier molecular flexibility index (Phi) is 3.03. The van der Waals surface area contributed by atoms with E-state index >= 15 is 0 Å².